The van der Waals surface area contributed by atoms with Crippen LogP contribution in [-0.4, -0.2) is 25.9 Å². The lowest BCUT2D eigenvalue weighted by Gasteiger charge is -2.35. The van der Waals surface area contributed by atoms with E-state index in [9.17, 15) is 9.59 Å². The smallest absolute Gasteiger partial charge is 0.225 e. The number of hydrogen-bond donors (Lipinski definition) is 1. The molecule has 0 spiro atoms. The highest BCUT2D eigenvalue weighted by molar-refractivity contribution is 6.30. The van der Waals surface area contributed by atoms with Gasteiger partial charge in [-0.15, -0.1) is 0 Å². The largest absolute Gasteiger partial charge is 0.497 e. The van der Waals surface area contributed by atoms with E-state index < -0.39 is 0 Å². The molecule has 5 nitrogen and oxygen atoms in total. The number of Topliss-reactive ketones (excluding diaryl/α,β-unsaturated/α-hetero) is 1. The van der Waals surface area contributed by atoms with Gasteiger partial charge in [0.15, 0.2) is 5.78 Å². The number of rotatable bonds is 4. The summed E-state index contributed by atoms with van der Waals surface area (Å²) in [6.07, 6.45) is 1.17. The van der Waals surface area contributed by atoms with E-state index in [1.54, 1.807) is 20.3 Å². The van der Waals surface area contributed by atoms with Gasteiger partial charge in [-0.25, -0.2) is 0 Å². The number of nitrogens with one attached hydrogen (secondary N) is 1. The fourth-order valence-corrected chi connectivity index (χ4v) is 4.55. The molecule has 0 radical (unpaired) electrons. The lowest BCUT2D eigenvalue weighted by molar-refractivity contribution is -0.122. The zero-order valence-electron chi connectivity index (χ0n) is 16.3. The van der Waals surface area contributed by atoms with Crippen molar-refractivity contribution in [1.29, 1.82) is 0 Å². The van der Waals surface area contributed by atoms with Crippen LogP contribution in [0.3, 0.4) is 0 Å². The molecule has 1 N–H and O–H groups in total. The first-order valence-corrected chi connectivity index (χ1v) is 9.91. The summed E-state index contributed by atoms with van der Waals surface area (Å²) in [5.74, 6) is 1.02. The second-order valence-electron chi connectivity index (χ2n) is 7.39. The van der Waals surface area contributed by atoms with E-state index >= 15 is 0 Å². The Morgan fingerprint density at radius 2 is 1.83 bits per heavy atom. The number of ether oxygens (including phenoxy) is 2. The minimum atomic E-state index is -0.266. The topological polar surface area (TPSA) is 64.6 Å². The maximum atomic E-state index is 13.2. The molecule has 2 unspecified atom stereocenters. The van der Waals surface area contributed by atoms with E-state index in [-0.39, 0.29) is 29.9 Å². The van der Waals surface area contributed by atoms with Gasteiger partial charge >= 0.3 is 0 Å². The summed E-state index contributed by atoms with van der Waals surface area (Å²) in [5.41, 5.74) is 3.21. The average molecular weight is 412 g/mol. The molecule has 2 atom stereocenters. The first-order chi connectivity index (χ1) is 14.0. The van der Waals surface area contributed by atoms with Gasteiger partial charge in [0.25, 0.3) is 0 Å². The fraction of sp³-hybridized carbons (Fsp3) is 0.304. The third-order valence-electron chi connectivity index (χ3n) is 5.66. The highest BCUT2D eigenvalue weighted by atomic mass is 35.5. The van der Waals surface area contributed by atoms with Crippen molar-refractivity contribution in [1.82, 2.24) is 5.32 Å². The van der Waals surface area contributed by atoms with Crippen LogP contribution in [-0.2, 0) is 9.59 Å². The van der Waals surface area contributed by atoms with Crippen LogP contribution in [0.15, 0.2) is 53.7 Å². The van der Waals surface area contributed by atoms with E-state index in [0.29, 0.717) is 40.6 Å². The van der Waals surface area contributed by atoms with Crippen LogP contribution >= 0.6 is 11.6 Å². The van der Waals surface area contributed by atoms with Crippen molar-refractivity contribution in [3.63, 3.8) is 0 Å². The normalized spacial score (nSPS) is 21.5. The van der Waals surface area contributed by atoms with Crippen molar-refractivity contribution in [2.45, 2.75) is 31.1 Å². The minimum absolute atomic E-state index is 0.0473. The van der Waals surface area contributed by atoms with Crippen molar-refractivity contribution in [2.24, 2.45) is 0 Å². The van der Waals surface area contributed by atoms with Crippen LogP contribution in [0.5, 0.6) is 11.5 Å². The van der Waals surface area contributed by atoms with Gasteiger partial charge in [0.1, 0.15) is 11.5 Å². The zero-order valence-corrected chi connectivity index (χ0v) is 17.1. The van der Waals surface area contributed by atoms with Crippen LogP contribution in [0, 0.1) is 0 Å². The first-order valence-electron chi connectivity index (χ1n) is 9.53. The molecule has 0 saturated carbocycles. The summed E-state index contributed by atoms with van der Waals surface area (Å²) in [7, 11) is 3.22. The Bertz CT molecular complexity index is 1010. The summed E-state index contributed by atoms with van der Waals surface area (Å²) in [6.45, 7) is 0. The molecular weight excluding hydrogens is 390 g/mol. The van der Waals surface area contributed by atoms with Gasteiger partial charge in [0.2, 0.25) is 5.91 Å². The first kappa shape index (κ1) is 19.5. The van der Waals surface area contributed by atoms with E-state index in [1.807, 2.05) is 36.4 Å². The maximum Gasteiger partial charge on any atom is 0.225 e. The molecule has 0 bridgehead atoms. The predicted octanol–water partition coefficient (Wildman–Crippen LogP) is 4.36. The van der Waals surface area contributed by atoms with Crippen molar-refractivity contribution in [3.8, 4) is 11.5 Å². The predicted molar refractivity (Wildman–Crippen MR) is 111 cm³/mol. The quantitative estimate of drug-likeness (QED) is 0.811. The SMILES string of the molecule is COc1ccc(OC)c(C2CC(=O)C3=C(C2)NC(=O)CC3c2cccc(Cl)c2)c1. The average Bonchev–Trinajstić information content (AvgIpc) is 2.72. The third kappa shape index (κ3) is 3.75. The molecule has 150 valence electrons. The number of methoxy groups -OCH3 is 2. The number of hydrogen-bond acceptors (Lipinski definition) is 4. The maximum absolute atomic E-state index is 13.2. The van der Waals surface area contributed by atoms with Crippen molar-refractivity contribution in [2.75, 3.05) is 14.2 Å². The number of carbonyl (C=O) groups is 2. The Hall–Kier alpha value is -2.79. The van der Waals surface area contributed by atoms with Crippen molar-refractivity contribution < 1.29 is 19.1 Å². The molecule has 0 aromatic heterocycles. The number of allylic oxidation sites excluding steroid dienone is 2. The zero-order chi connectivity index (χ0) is 20.5. The van der Waals surface area contributed by atoms with Gasteiger partial charge in [-0.1, -0.05) is 23.7 Å². The molecule has 2 aromatic rings. The van der Waals surface area contributed by atoms with Crippen LogP contribution in [0.1, 0.15) is 42.2 Å². The van der Waals surface area contributed by atoms with Gasteiger partial charge in [0.05, 0.1) is 14.2 Å². The van der Waals surface area contributed by atoms with Crippen LogP contribution < -0.4 is 14.8 Å². The Labute approximate surface area is 174 Å². The minimum Gasteiger partial charge on any atom is -0.497 e. The number of benzene rings is 2. The number of ketones is 1. The highest BCUT2D eigenvalue weighted by Crippen LogP contribution is 2.45. The van der Waals surface area contributed by atoms with E-state index in [1.165, 1.54) is 0 Å². The molecule has 1 aliphatic carbocycles. The lowest BCUT2D eigenvalue weighted by atomic mass is 9.73. The molecule has 1 heterocycles. The van der Waals surface area contributed by atoms with Gasteiger partial charge in [-0.2, -0.15) is 0 Å². The molecule has 2 aromatic carbocycles. The summed E-state index contributed by atoms with van der Waals surface area (Å²) >= 11 is 6.15. The molecule has 4 rings (SSSR count). The van der Waals surface area contributed by atoms with Crippen LogP contribution in [0.25, 0.3) is 0 Å². The number of amides is 1. The molecular formula is C23H22ClNO4. The highest BCUT2D eigenvalue weighted by Gasteiger charge is 2.39. The second kappa shape index (κ2) is 7.91. The summed E-state index contributed by atoms with van der Waals surface area (Å²) < 4.78 is 10.9. The van der Waals surface area contributed by atoms with Gasteiger partial charge < -0.3 is 14.8 Å². The molecule has 0 saturated heterocycles. The van der Waals surface area contributed by atoms with Crippen molar-refractivity contribution >= 4 is 23.3 Å². The number of halogens is 1. The Morgan fingerprint density at radius 1 is 1.00 bits per heavy atom. The van der Waals surface area contributed by atoms with Crippen LogP contribution in [0.4, 0.5) is 0 Å². The van der Waals surface area contributed by atoms with Gasteiger partial charge in [0, 0.05) is 46.5 Å². The van der Waals surface area contributed by atoms with E-state index in [0.717, 1.165) is 11.1 Å². The molecule has 29 heavy (non-hydrogen) atoms. The molecule has 0 fully saturated rings. The monoisotopic (exact) mass is 411 g/mol. The van der Waals surface area contributed by atoms with E-state index in [4.69, 9.17) is 21.1 Å². The second-order valence-corrected chi connectivity index (χ2v) is 7.82. The van der Waals surface area contributed by atoms with Crippen molar-refractivity contribution in [3.05, 3.63) is 69.9 Å². The third-order valence-corrected chi connectivity index (χ3v) is 5.90. The number of carbonyl (C=O) groups excluding carboxylic acids is 2. The van der Waals surface area contributed by atoms with Gasteiger partial charge in [-0.05, 0) is 42.3 Å². The fourth-order valence-electron chi connectivity index (χ4n) is 4.35. The summed E-state index contributed by atoms with van der Waals surface area (Å²) in [4.78, 5) is 25.7. The molecule has 1 amide bonds. The Kier molecular flexibility index (Phi) is 5.33. The Morgan fingerprint density at radius 3 is 2.55 bits per heavy atom. The van der Waals surface area contributed by atoms with E-state index in [2.05, 4.69) is 5.32 Å². The molecule has 2 aliphatic rings. The van der Waals surface area contributed by atoms with Gasteiger partial charge in [-0.3, -0.25) is 9.59 Å². The summed E-state index contributed by atoms with van der Waals surface area (Å²) in [5, 5.41) is 3.54. The summed E-state index contributed by atoms with van der Waals surface area (Å²) in [6, 6.07) is 13.0. The molecule has 1 aliphatic heterocycles. The van der Waals surface area contributed by atoms with Crippen LogP contribution in [0.2, 0.25) is 5.02 Å². The lowest BCUT2D eigenvalue weighted by Crippen LogP contribution is -2.38. The standard InChI is InChI=1S/C23H22ClNO4/c1-28-16-6-7-21(29-2)17(11-16)14-9-19-23(20(26)10-14)18(12-22(27)25-19)13-4-3-5-15(24)8-13/h3-8,11,14,18H,9-10,12H2,1-2H3,(H,25,27). The Balaban J connectivity index is 1.74. The molecule has 6 heteroatoms.